The molecule has 0 spiro atoms. The number of amides is 4. The summed E-state index contributed by atoms with van der Waals surface area (Å²) < 4.78 is 4.85. The van der Waals surface area contributed by atoms with Crippen LogP contribution in [-0.2, 0) is 27.2 Å². The standard InChI is InChI=1S/C49H60N8O6/c1-8-28(4)42(55-48(62)63-7)46(59)57-22-10-12-40(57)44-51-36-20-17-31(23-37(36)52-44)33-19-18-32(34-24-49(5,6)25-35(33)34)29-13-15-30(16-14-29)38-26-50-43(53-38)39-11-9-21-56(39)45(58)41(27(2)3)54-47(60)61/h13-20,23,26-28,39-42,54H,8-12,21-22,24-25H2,1-7H3,(H,50,53)(H,51,52)(H,55,62)(H,60,61). The number of carboxylic acid groups (broad SMARTS) is 1. The molecule has 14 nitrogen and oxygen atoms in total. The summed E-state index contributed by atoms with van der Waals surface area (Å²) in [6.45, 7) is 13.5. The van der Waals surface area contributed by atoms with E-state index in [0.717, 1.165) is 84.2 Å². The SMILES string of the molecule is CCC(C)C(NC(=O)OC)C(=O)N1CCCC1c1nc2ccc(-c3ccc(-c4ccc(-c5cnc(C6CCCN6C(=O)C(NC(=O)O)C(C)C)[nH]5)cc4)c4c3CC(C)(C)C4)cc2[nH]1. The number of nitrogens with one attached hydrogen (secondary N) is 4. The van der Waals surface area contributed by atoms with Crippen LogP contribution < -0.4 is 10.6 Å². The number of hydrogen-bond acceptors (Lipinski definition) is 7. The van der Waals surface area contributed by atoms with Gasteiger partial charge in [-0.25, -0.2) is 19.6 Å². The molecule has 0 bridgehead atoms. The van der Waals surface area contributed by atoms with Crippen molar-refractivity contribution in [3.63, 3.8) is 0 Å². The van der Waals surface area contributed by atoms with Crippen LogP contribution in [0.15, 0.2) is 60.8 Å². The summed E-state index contributed by atoms with van der Waals surface area (Å²) in [6, 6.07) is 17.5. The van der Waals surface area contributed by atoms with Gasteiger partial charge in [-0.05, 0) is 107 Å². The molecule has 14 heteroatoms. The van der Waals surface area contributed by atoms with Crippen molar-refractivity contribution in [1.29, 1.82) is 0 Å². The molecule has 4 amide bonds. The zero-order chi connectivity index (χ0) is 44.7. The van der Waals surface area contributed by atoms with E-state index in [4.69, 9.17) is 14.7 Å². The molecule has 5 unspecified atom stereocenters. The summed E-state index contributed by atoms with van der Waals surface area (Å²) in [4.78, 5) is 71.4. The van der Waals surface area contributed by atoms with Crippen LogP contribution in [0.25, 0.3) is 44.5 Å². The van der Waals surface area contributed by atoms with Crippen LogP contribution in [0.3, 0.4) is 0 Å². The van der Waals surface area contributed by atoms with E-state index in [-0.39, 0.29) is 41.1 Å². The average Bonchev–Trinajstić information content (AvgIpc) is 4.12. The first-order chi connectivity index (χ1) is 30.2. The van der Waals surface area contributed by atoms with E-state index in [9.17, 15) is 24.3 Å². The van der Waals surface area contributed by atoms with Gasteiger partial charge < -0.3 is 40.2 Å². The Bertz CT molecular complexity index is 2520. The maximum Gasteiger partial charge on any atom is 0.407 e. The number of methoxy groups -OCH3 is 1. The number of benzene rings is 3. The molecule has 63 heavy (non-hydrogen) atoms. The Balaban J connectivity index is 1.02. The van der Waals surface area contributed by atoms with Gasteiger partial charge in [0.25, 0.3) is 0 Å². The highest BCUT2D eigenvalue weighted by molar-refractivity contribution is 5.88. The predicted molar refractivity (Wildman–Crippen MR) is 242 cm³/mol. The van der Waals surface area contributed by atoms with Crippen LogP contribution in [0.5, 0.6) is 0 Å². The molecule has 2 aliphatic heterocycles. The Morgan fingerprint density at radius 1 is 0.810 bits per heavy atom. The van der Waals surface area contributed by atoms with Crippen LogP contribution in [0.2, 0.25) is 0 Å². The van der Waals surface area contributed by atoms with Gasteiger partial charge in [0.1, 0.15) is 23.7 Å². The number of aromatic amines is 2. The second-order valence-corrected chi connectivity index (χ2v) is 18.8. The van der Waals surface area contributed by atoms with Crippen LogP contribution in [0.4, 0.5) is 9.59 Å². The molecule has 0 radical (unpaired) electrons. The molecule has 5 atom stereocenters. The van der Waals surface area contributed by atoms with Gasteiger partial charge in [-0.3, -0.25) is 9.59 Å². The molecule has 332 valence electrons. The normalized spacial score (nSPS) is 19.6. The van der Waals surface area contributed by atoms with Gasteiger partial charge in [0.2, 0.25) is 11.8 Å². The lowest BCUT2D eigenvalue weighted by Crippen LogP contribution is -2.51. The molecule has 2 saturated heterocycles. The minimum Gasteiger partial charge on any atom is -0.465 e. The fourth-order valence-electron chi connectivity index (χ4n) is 10.00. The molecule has 1 aliphatic carbocycles. The molecule has 4 heterocycles. The lowest BCUT2D eigenvalue weighted by Gasteiger charge is -2.30. The highest BCUT2D eigenvalue weighted by Gasteiger charge is 2.40. The second-order valence-electron chi connectivity index (χ2n) is 18.8. The van der Waals surface area contributed by atoms with Crippen molar-refractivity contribution in [3.8, 4) is 33.5 Å². The lowest BCUT2D eigenvalue weighted by molar-refractivity contribution is -0.136. The number of ether oxygens (including phenoxy) is 1. The predicted octanol–water partition coefficient (Wildman–Crippen LogP) is 8.80. The molecule has 3 aliphatic rings. The van der Waals surface area contributed by atoms with E-state index in [1.807, 2.05) is 38.8 Å². The highest BCUT2D eigenvalue weighted by Crippen LogP contribution is 2.46. The van der Waals surface area contributed by atoms with Crippen molar-refractivity contribution < 1.29 is 29.0 Å². The van der Waals surface area contributed by atoms with Crippen molar-refractivity contribution in [1.82, 2.24) is 40.4 Å². The van der Waals surface area contributed by atoms with Crippen molar-refractivity contribution >= 4 is 35.0 Å². The zero-order valence-electron chi connectivity index (χ0n) is 37.4. The van der Waals surface area contributed by atoms with Gasteiger partial charge >= 0.3 is 12.2 Å². The van der Waals surface area contributed by atoms with Gasteiger partial charge in [-0.1, -0.05) is 90.4 Å². The van der Waals surface area contributed by atoms with Crippen LogP contribution in [0.1, 0.15) is 109 Å². The van der Waals surface area contributed by atoms with E-state index < -0.39 is 24.3 Å². The van der Waals surface area contributed by atoms with Crippen molar-refractivity contribution in [3.05, 3.63) is 83.6 Å². The van der Waals surface area contributed by atoms with Crippen molar-refractivity contribution in [2.24, 2.45) is 17.3 Å². The summed E-state index contributed by atoms with van der Waals surface area (Å²) in [5, 5.41) is 14.6. The van der Waals surface area contributed by atoms with Gasteiger partial charge in [0.15, 0.2) is 0 Å². The number of imidazole rings is 2. The highest BCUT2D eigenvalue weighted by atomic mass is 16.5. The monoisotopic (exact) mass is 856 g/mol. The third kappa shape index (κ3) is 8.64. The van der Waals surface area contributed by atoms with Crippen LogP contribution in [-0.4, -0.2) is 91.1 Å². The second kappa shape index (κ2) is 17.5. The quantitative estimate of drug-likeness (QED) is 0.0824. The molecule has 3 aromatic carbocycles. The Morgan fingerprint density at radius 2 is 1.40 bits per heavy atom. The first-order valence-corrected chi connectivity index (χ1v) is 22.4. The third-order valence-corrected chi connectivity index (χ3v) is 13.5. The third-order valence-electron chi connectivity index (χ3n) is 13.5. The molecular formula is C49H60N8O6. The Morgan fingerprint density at radius 3 is 2.00 bits per heavy atom. The van der Waals surface area contributed by atoms with Crippen molar-refractivity contribution in [2.75, 3.05) is 20.2 Å². The minimum absolute atomic E-state index is 0.0602. The molecule has 0 saturated carbocycles. The van der Waals surface area contributed by atoms with Gasteiger partial charge in [0.05, 0.1) is 42.1 Å². The number of carbonyl (C=O) groups excluding carboxylic acids is 3. The first kappa shape index (κ1) is 43.5. The number of hydrogen-bond donors (Lipinski definition) is 5. The average molecular weight is 857 g/mol. The van der Waals surface area contributed by atoms with E-state index in [0.29, 0.717) is 18.9 Å². The zero-order valence-corrected chi connectivity index (χ0v) is 37.4. The Labute approximate surface area is 368 Å². The number of H-pyrrole nitrogens is 2. The summed E-state index contributed by atoms with van der Waals surface area (Å²) in [7, 11) is 1.31. The van der Waals surface area contributed by atoms with Crippen LogP contribution in [0, 0.1) is 17.3 Å². The summed E-state index contributed by atoms with van der Waals surface area (Å²) in [6.07, 6.45) is 5.85. The molecule has 5 aromatic rings. The summed E-state index contributed by atoms with van der Waals surface area (Å²) >= 11 is 0. The number of fused-ring (bicyclic) bond motifs is 2. The van der Waals surface area contributed by atoms with E-state index in [1.165, 1.54) is 29.4 Å². The molecule has 8 rings (SSSR count). The van der Waals surface area contributed by atoms with Crippen molar-refractivity contribution in [2.45, 2.75) is 111 Å². The molecule has 2 fully saturated rings. The number of carbonyl (C=O) groups is 4. The summed E-state index contributed by atoms with van der Waals surface area (Å²) in [5.41, 5.74) is 11.1. The number of aromatic nitrogens is 4. The number of alkyl carbamates (subject to hydrolysis) is 1. The smallest absolute Gasteiger partial charge is 0.407 e. The molecule has 5 N–H and O–H groups in total. The minimum atomic E-state index is -1.21. The number of nitrogens with zero attached hydrogens (tertiary/aromatic N) is 4. The number of likely N-dealkylation sites (tertiary alicyclic amines) is 2. The van der Waals surface area contributed by atoms with Crippen LogP contribution >= 0.6 is 0 Å². The van der Waals surface area contributed by atoms with Gasteiger partial charge in [-0.2, -0.15) is 0 Å². The Hall–Kier alpha value is -6.18. The lowest BCUT2D eigenvalue weighted by atomic mass is 9.89. The first-order valence-electron chi connectivity index (χ1n) is 22.4. The Kier molecular flexibility index (Phi) is 12.1. The maximum atomic E-state index is 13.9. The van der Waals surface area contributed by atoms with E-state index in [2.05, 4.69) is 89.0 Å². The largest absolute Gasteiger partial charge is 0.465 e. The summed E-state index contributed by atoms with van der Waals surface area (Å²) in [5.74, 6) is 0.874. The van der Waals surface area contributed by atoms with E-state index in [1.54, 1.807) is 4.90 Å². The fraction of sp³-hybridized carbons (Fsp3) is 0.469. The van der Waals surface area contributed by atoms with Gasteiger partial charge in [0, 0.05) is 13.1 Å². The topological polar surface area (TPSA) is 186 Å². The van der Waals surface area contributed by atoms with Gasteiger partial charge in [-0.15, -0.1) is 0 Å². The fourth-order valence-corrected chi connectivity index (χ4v) is 10.00. The maximum absolute atomic E-state index is 13.9. The molecular weight excluding hydrogens is 797 g/mol. The van der Waals surface area contributed by atoms with E-state index >= 15 is 0 Å². The number of rotatable bonds is 12. The molecule has 2 aromatic heterocycles.